The van der Waals surface area contributed by atoms with Crippen molar-refractivity contribution < 1.29 is 17.6 Å². The van der Waals surface area contributed by atoms with Crippen LogP contribution in [0.4, 0.5) is 19.2 Å². The van der Waals surface area contributed by atoms with Crippen molar-refractivity contribution in [1.29, 1.82) is 0 Å². The molecule has 0 aliphatic carbocycles. The molecule has 0 amide bonds. The second kappa shape index (κ2) is 3.69. The minimum absolute atomic E-state index is 0.0659. The fourth-order valence-electron chi connectivity index (χ4n) is 1.31. The van der Waals surface area contributed by atoms with E-state index >= 15 is 0 Å². The summed E-state index contributed by atoms with van der Waals surface area (Å²) in [5.74, 6) is -1.30. The standard InChI is InChI=1S/C7H9F3N4O/c8-7(9,10)5-12-13-6(15-5)14-3-1-11-2-4-14/h11H,1-4H2. The first-order valence-corrected chi connectivity index (χ1v) is 4.44. The van der Waals surface area contributed by atoms with Gasteiger partial charge in [-0.15, -0.1) is 5.10 Å². The fourth-order valence-corrected chi connectivity index (χ4v) is 1.31. The molecule has 1 saturated heterocycles. The van der Waals surface area contributed by atoms with Crippen molar-refractivity contribution in [2.75, 3.05) is 31.1 Å². The quantitative estimate of drug-likeness (QED) is 0.749. The second-order valence-electron chi connectivity index (χ2n) is 3.12. The maximum atomic E-state index is 12.1. The van der Waals surface area contributed by atoms with Gasteiger partial charge in [-0.3, -0.25) is 0 Å². The number of aromatic nitrogens is 2. The zero-order chi connectivity index (χ0) is 10.9. The van der Waals surface area contributed by atoms with E-state index in [0.29, 0.717) is 26.2 Å². The normalized spacial score (nSPS) is 18.2. The minimum atomic E-state index is -4.57. The van der Waals surface area contributed by atoms with Crippen LogP contribution in [-0.4, -0.2) is 36.4 Å². The molecule has 1 aliphatic rings. The Kier molecular flexibility index (Phi) is 2.51. The van der Waals surface area contributed by atoms with Crippen LogP contribution >= 0.6 is 0 Å². The molecule has 0 atom stereocenters. The van der Waals surface area contributed by atoms with Crippen LogP contribution in [0.1, 0.15) is 5.89 Å². The molecule has 0 aromatic carbocycles. The van der Waals surface area contributed by atoms with E-state index in [2.05, 4.69) is 19.9 Å². The van der Waals surface area contributed by atoms with E-state index in [1.165, 1.54) is 0 Å². The van der Waals surface area contributed by atoms with Gasteiger partial charge in [-0.1, -0.05) is 5.10 Å². The molecule has 0 radical (unpaired) electrons. The molecule has 2 heterocycles. The van der Waals surface area contributed by atoms with Crippen molar-refractivity contribution in [3.63, 3.8) is 0 Å². The van der Waals surface area contributed by atoms with Crippen molar-refractivity contribution >= 4 is 6.01 Å². The van der Waals surface area contributed by atoms with E-state index in [-0.39, 0.29) is 6.01 Å². The highest BCUT2D eigenvalue weighted by Gasteiger charge is 2.38. The zero-order valence-electron chi connectivity index (χ0n) is 7.71. The lowest BCUT2D eigenvalue weighted by atomic mass is 10.4. The first kappa shape index (κ1) is 10.2. The Bertz CT molecular complexity index is 331. The van der Waals surface area contributed by atoms with Gasteiger partial charge in [0.1, 0.15) is 0 Å². The van der Waals surface area contributed by atoms with Crippen molar-refractivity contribution in [2.45, 2.75) is 6.18 Å². The maximum Gasteiger partial charge on any atom is 0.470 e. The molecule has 0 saturated carbocycles. The molecule has 1 N–H and O–H groups in total. The summed E-state index contributed by atoms with van der Waals surface area (Å²) in [6, 6.07) is -0.0659. The van der Waals surface area contributed by atoms with Gasteiger partial charge in [0.05, 0.1) is 0 Å². The number of halogens is 3. The van der Waals surface area contributed by atoms with Crippen LogP contribution in [0.5, 0.6) is 0 Å². The Hall–Kier alpha value is -1.31. The highest BCUT2D eigenvalue weighted by Crippen LogP contribution is 2.29. The van der Waals surface area contributed by atoms with Crippen molar-refractivity contribution in [3.8, 4) is 0 Å². The largest absolute Gasteiger partial charge is 0.470 e. The summed E-state index contributed by atoms with van der Waals surface area (Å²) in [7, 11) is 0. The summed E-state index contributed by atoms with van der Waals surface area (Å²) in [6.45, 7) is 2.53. The van der Waals surface area contributed by atoms with E-state index in [1.54, 1.807) is 4.90 Å². The Morgan fingerprint density at radius 2 is 1.87 bits per heavy atom. The van der Waals surface area contributed by atoms with E-state index in [9.17, 15) is 13.2 Å². The molecule has 2 rings (SSSR count). The van der Waals surface area contributed by atoms with Gasteiger partial charge in [-0.05, 0) is 0 Å². The van der Waals surface area contributed by atoms with Crippen LogP contribution in [0.15, 0.2) is 4.42 Å². The van der Waals surface area contributed by atoms with Gasteiger partial charge in [-0.2, -0.15) is 13.2 Å². The SMILES string of the molecule is FC(F)(F)c1nnc(N2CCNCC2)o1. The van der Waals surface area contributed by atoms with Gasteiger partial charge in [0.15, 0.2) is 0 Å². The fraction of sp³-hybridized carbons (Fsp3) is 0.714. The summed E-state index contributed by atoms with van der Waals surface area (Å²) < 4.78 is 41.0. The van der Waals surface area contributed by atoms with E-state index in [1.807, 2.05) is 0 Å². The van der Waals surface area contributed by atoms with Gasteiger partial charge in [0.25, 0.3) is 0 Å². The Labute approximate surface area is 83.3 Å². The molecule has 15 heavy (non-hydrogen) atoms. The van der Waals surface area contributed by atoms with E-state index < -0.39 is 12.1 Å². The van der Waals surface area contributed by atoms with Gasteiger partial charge in [0.2, 0.25) is 0 Å². The molecule has 1 aromatic heterocycles. The third kappa shape index (κ3) is 2.20. The molecule has 84 valence electrons. The average molecular weight is 222 g/mol. The second-order valence-corrected chi connectivity index (χ2v) is 3.12. The number of hydrogen-bond donors (Lipinski definition) is 1. The third-order valence-corrected chi connectivity index (χ3v) is 2.04. The number of hydrogen-bond acceptors (Lipinski definition) is 5. The number of piperazine rings is 1. The van der Waals surface area contributed by atoms with Crippen LogP contribution in [0.2, 0.25) is 0 Å². The van der Waals surface area contributed by atoms with Crippen LogP contribution in [-0.2, 0) is 6.18 Å². The average Bonchev–Trinajstić information content (AvgIpc) is 2.67. The molecule has 8 heteroatoms. The molecule has 1 aromatic rings. The zero-order valence-corrected chi connectivity index (χ0v) is 7.71. The molecule has 0 unspecified atom stereocenters. The molecule has 1 aliphatic heterocycles. The first-order valence-electron chi connectivity index (χ1n) is 4.44. The Morgan fingerprint density at radius 3 is 2.40 bits per heavy atom. The minimum Gasteiger partial charge on any atom is -0.399 e. The number of nitrogens with one attached hydrogen (secondary N) is 1. The van der Waals surface area contributed by atoms with Gasteiger partial charge >= 0.3 is 18.1 Å². The van der Waals surface area contributed by atoms with Crippen molar-refractivity contribution in [1.82, 2.24) is 15.5 Å². The number of anilines is 1. The van der Waals surface area contributed by atoms with Crippen LogP contribution in [0.25, 0.3) is 0 Å². The van der Waals surface area contributed by atoms with Gasteiger partial charge in [-0.25, -0.2) is 0 Å². The molecule has 0 bridgehead atoms. The summed E-state index contributed by atoms with van der Waals surface area (Å²) in [6.07, 6.45) is -4.57. The first-order chi connectivity index (χ1) is 7.07. The number of nitrogens with zero attached hydrogens (tertiary/aromatic N) is 3. The van der Waals surface area contributed by atoms with Crippen molar-refractivity contribution in [2.24, 2.45) is 0 Å². The third-order valence-electron chi connectivity index (χ3n) is 2.04. The Morgan fingerprint density at radius 1 is 1.20 bits per heavy atom. The summed E-state index contributed by atoms with van der Waals surface area (Å²) in [4.78, 5) is 1.62. The summed E-state index contributed by atoms with van der Waals surface area (Å²) >= 11 is 0. The highest BCUT2D eigenvalue weighted by molar-refractivity contribution is 5.25. The summed E-state index contributed by atoms with van der Waals surface area (Å²) in [5, 5.41) is 9.39. The van der Waals surface area contributed by atoms with Gasteiger partial charge < -0.3 is 14.6 Å². The highest BCUT2D eigenvalue weighted by atomic mass is 19.4. The smallest absolute Gasteiger partial charge is 0.399 e. The van der Waals surface area contributed by atoms with Gasteiger partial charge in [0, 0.05) is 26.2 Å². The van der Waals surface area contributed by atoms with E-state index in [4.69, 9.17) is 0 Å². The number of rotatable bonds is 1. The number of alkyl halides is 3. The van der Waals surface area contributed by atoms with Crippen molar-refractivity contribution in [3.05, 3.63) is 5.89 Å². The maximum absolute atomic E-state index is 12.1. The predicted octanol–water partition coefficient (Wildman–Crippen LogP) is 0.498. The Balaban J connectivity index is 2.12. The molecule has 1 fully saturated rings. The lowest BCUT2D eigenvalue weighted by Gasteiger charge is -2.24. The summed E-state index contributed by atoms with van der Waals surface area (Å²) in [5.41, 5.74) is 0. The monoisotopic (exact) mass is 222 g/mol. The molecule has 5 nitrogen and oxygen atoms in total. The topological polar surface area (TPSA) is 54.2 Å². The lowest BCUT2D eigenvalue weighted by Crippen LogP contribution is -2.43. The van der Waals surface area contributed by atoms with E-state index in [0.717, 1.165) is 0 Å². The van der Waals surface area contributed by atoms with Crippen LogP contribution in [0, 0.1) is 0 Å². The van der Waals surface area contributed by atoms with Crippen LogP contribution in [0.3, 0.4) is 0 Å². The molecular weight excluding hydrogens is 213 g/mol. The molecule has 0 spiro atoms. The predicted molar refractivity (Wildman–Crippen MR) is 44.4 cm³/mol. The lowest BCUT2D eigenvalue weighted by molar-refractivity contribution is -0.157. The van der Waals surface area contributed by atoms with Crippen LogP contribution < -0.4 is 10.2 Å². The molecular formula is C7H9F3N4O.